The molecule has 0 saturated heterocycles. The molecule has 0 aliphatic heterocycles. The number of halogens is 2. The summed E-state index contributed by atoms with van der Waals surface area (Å²) in [5, 5.41) is 12.9. The molecule has 0 N–H and O–H groups in total. The van der Waals surface area contributed by atoms with Crippen molar-refractivity contribution in [2.24, 2.45) is 7.05 Å². The third kappa shape index (κ3) is 2.54. The molecule has 0 bridgehead atoms. The predicted octanol–water partition coefficient (Wildman–Crippen LogP) is 3.27. The number of nitrogens with zero attached hydrogens (tertiary/aromatic N) is 3. The van der Waals surface area contributed by atoms with E-state index < -0.39 is 5.82 Å². The molecule has 2 aromatic rings. The quantitative estimate of drug-likeness (QED) is 0.810. The number of aryl methyl sites for hydroxylation is 2. The molecule has 2 rings (SSSR count). The first-order chi connectivity index (χ1) is 9.06. The normalized spacial score (nSPS) is 10.3. The van der Waals surface area contributed by atoms with Crippen molar-refractivity contribution < 1.29 is 9.13 Å². The van der Waals surface area contributed by atoms with Gasteiger partial charge in [0.2, 0.25) is 5.88 Å². The topological polar surface area (TPSA) is 50.8 Å². The molecule has 1 heterocycles. The molecule has 0 radical (unpaired) electrons. The van der Waals surface area contributed by atoms with Crippen LogP contribution < -0.4 is 4.74 Å². The van der Waals surface area contributed by atoms with Crippen molar-refractivity contribution >= 4 is 11.6 Å². The third-order valence-electron chi connectivity index (χ3n) is 2.70. The highest BCUT2D eigenvalue weighted by Gasteiger charge is 2.15. The van der Waals surface area contributed by atoms with Crippen LogP contribution in [0.2, 0.25) is 0 Å². The van der Waals surface area contributed by atoms with Gasteiger partial charge in [0.1, 0.15) is 17.6 Å². The highest BCUT2D eigenvalue weighted by Crippen LogP contribution is 2.29. The molecule has 0 aliphatic rings. The van der Waals surface area contributed by atoms with E-state index in [1.165, 1.54) is 18.2 Å². The van der Waals surface area contributed by atoms with Gasteiger partial charge >= 0.3 is 0 Å². The van der Waals surface area contributed by atoms with E-state index in [1.807, 2.05) is 6.92 Å². The largest absolute Gasteiger partial charge is 0.439 e. The van der Waals surface area contributed by atoms with E-state index in [9.17, 15) is 4.39 Å². The Morgan fingerprint density at radius 2 is 2.26 bits per heavy atom. The van der Waals surface area contributed by atoms with Crippen LogP contribution in [0.4, 0.5) is 4.39 Å². The molecule has 0 spiro atoms. The molecule has 4 nitrogen and oxygen atoms in total. The number of ether oxygens (including phenoxy) is 1. The maximum atomic E-state index is 13.5. The second kappa shape index (κ2) is 5.29. The van der Waals surface area contributed by atoms with Gasteiger partial charge in [0.25, 0.3) is 0 Å². The zero-order valence-electron chi connectivity index (χ0n) is 10.4. The number of hydrogen-bond donors (Lipinski definition) is 0. The van der Waals surface area contributed by atoms with Gasteiger partial charge in [-0.2, -0.15) is 10.4 Å². The summed E-state index contributed by atoms with van der Waals surface area (Å²) < 4.78 is 20.6. The number of aromatic nitrogens is 2. The highest BCUT2D eigenvalue weighted by atomic mass is 35.5. The van der Waals surface area contributed by atoms with Crippen LogP contribution in [0, 0.1) is 24.1 Å². The van der Waals surface area contributed by atoms with Gasteiger partial charge in [0.05, 0.1) is 22.7 Å². The molecule has 98 valence electrons. The average molecular weight is 280 g/mol. The van der Waals surface area contributed by atoms with Crippen LogP contribution >= 0.6 is 11.6 Å². The van der Waals surface area contributed by atoms with Crippen molar-refractivity contribution in [2.45, 2.75) is 12.8 Å². The molecular formula is C13H11ClFN3O. The van der Waals surface area contributed by atoms with Crippen LogP contribution in [-0.2, 0) is 12.9 Å². The molecule has 0 saturated carbocycles. The molecule has 0 atom stereocenters. The van der Waals surface area contributed by atoms with E-state index in [0.717, 1.165) is 11.3 Å². The molecule has 1 aromatic heterocycles. The second-order valence-electron chi connectivity index (χ2n) is 3.98. The number of rotatable bonds is 3. The lowest BCUT2D eigenvalue weighted by atomic mass is 10.2. The number of alkyl halides is 1. The summed E-state index contributed by atoms with van der Waals surface area (Å²) in [7, 11) is 1.72. The Morgan fingerprint density at radius 3 is 2.84 bits per heavy atom. The summed E-state index contributed by atoms with van der Waals surface area (Å²) >= 11 is 5.85. The Balaban J connectivity index is 2.37. The van der Waals surface area contributed by atoms with Crippen LogP contribution in [0.1, 0.15) is 16.8 Å². The molecule has 0 unspecified atom stereocenters. The first-order valence-electron chi connectivity index (χ1n) is 5.52. The Kier molecular flexibility index (Phi) is 3.72. The fourth-order valence-corrected chi connectivity index (χ4v) is 2.03. The van der Waals surface area contributed by atoms with E-state index in [0.29, 0.717) is 11.6 Å². The summed E-state index contributed by atoms with van der Waals surface area (Å²) in [4.78, 5) is 0. The van der Waals surface area contributed by atoms with Gasteiger partial charge in [-0.15, -0.1) is 11.6 Å². The van der Waals surface area contributed by atoms with E-state index in [2.05, 4.69) is 5.10 Å². The number of hydrogen-bond acceptors (Lipinski definition) is 3. The minimum Gasteiger partial charge on any atom is -0.439 e. The van der Waals surface area contributed by atoms with E-state index in [4.69, 9.17) is 21.6 Å². The van der Waals surface area contributed by atoms with Gasteiger partial charge in [-0.3, -0.25) is 0 Å². The third-order valence-corrected chi connectivity index (χ3v) is 2.97. The van der Waals surface area contributed by atoms with E-state index in [1.54, 1.807) is 17.8 Å². The zero-order chi connectivity index (χ0) is 14.0. The van der Waals surface area contributed by atoms with Crippen LogP contribution in [0.15, 0.2) is 18.2 Å². The van der Waals surface area contributed by atoms with Crippen LogP contribution in [-0.4, -0.2) is 9.78 Å². The number of benzene rings is 1. The highest BCUT2D eigenvalue weighted by molar-refractivity contribution is 6.17. The Bertz CT molecular complexity index is 661. The van der Waals surface area contributed by atoms with Crippen LogP contribution in [0.25, 0.3) is 0 Å². The van der Waals surface area contributed by atoms with E-state index in [-0.39, 0.29) is 11.4 Å². The van der Waals surface area contributed by atoms with Gasteiger partial charge in [-0.25, -0.2) is 9.07 Å². The summed E-state index contributed by atoms with van der Waals surface area (Å²) in [5.74, 6) is 0.405. The molecular weight excluding hydrogens is 269 g/mol. The lowest BCUT2D eigenvalue weighted by molar-refractivity contribution is 0.424. The number of nitriles is 1. The summed E-state index contributed by atoms with van der Waals surface area (Å²) in [6, 6.07) is 5.82. The molecule has 19 heavy (non-hydrogen) atoms. The van der Waals surface area contributed by atoms with Crippen LogP contribution in [0.5, 0.6) is 11.6 Å². The van der Waals surface area contributed by atoms with Gasteiger partial charge in [-0.1, -0.05) is 0 Å². The zero-order valence-corrected chi connectivity index (χ0v) is 11.2. The van der Waals surface area contributed by atoms with Crippen LogP contribution in [0.3, 0.4) is 0 Å². The van der Waals surface area contributed by atoms with Crippen molar-refractivity contribution in [3.05, 3.63) is 40.8 Å². The standard InChI is InChI=1S/C13H11ClFN3O/c1-8-11(6-14)13(18(2)17-8)19-10-4-3-9(7-16)12(15)5-10/h3-5H,6H2,1-2H3. The van der Waals surface area contributed by atoms with Gasteiger partial charge < -0.3 is 4.74 Å². The smallest absolute Gasteiger partial charge is 0.222 e. The van der Waals surface area contributed by atoms with Crippen molar-refractivity contribution in [3.63, 3.8) is 0 Å². The first-order valence-corrected chi connectivity index (χ1v) is 6.06. The molecule has 1 aromatic carbocycles. The minimum absolute atomic E-state index is 0.0221. The van der Waals surface area contributed by atoms with Crippen molar-refractivity contribution in [2.75, 3.05) is 0 Å². The predicted molar refractivity (Wildman–Crippen MR) is 68.7 cm³/mol. The lowest BCUT2D eigenvalue weighted by Gasteiger charge is -2.08. The van der Waals surface area contributed by atoms with Crippen molar-refractivity contribution in [1.82, 2.24) is 9.78 Å². The Hall–Kier alpha value is -2.06. The average Bonchev–Trinajstić information content (AvgIpc) is 2.64. The maximum absolute atomic E-state index is 13.5. The fourth-order valence-electron chi connectivity index (χ4n) is 1.72. The summed E-state index contributed by atoms with van der Waals surface area (Å²) in [6.45, 7) is 1.82. The molecule has 0 amide bonds. The SMILES string of the molecule is Cc1nn(C)c(Oc2ccc(C#N)c(F)c2)c1CCl. The van der Waals surface area contributed by atoms with Gasteiger partial charge in [-0.05, 0) is 19.1 Å². The maximum Gasteiger partial charge on any atom is 0.222 e. The molecule has 6 heteroatoms. The van der Waals surface area contributed by atoms with Gasteiger partial charge in [0.15, 0.2) is 0 Å². The van der Waals surface area contributed by atoms with Crippen molar-refractivity contribution in [3.8, 4) is 17.7 Å². The summed E-state index contributed by atoms with van der Waals surface area (Å²) in [5.41, 5.74) is 1.50. The molecule has 0 fully saturated rings. The monoisotopic (exact) mass is 279 g/mol. The fraction of sp³-hybridized carbons (Fsp3) is 0.231. The Morgan fingerprint density at radius 1 is 1.53 bits per heavy atom. The van der Waals surface area contributed by atoms with Crippen molar-refractivity contribution in [1.29, 1.82) is 5.26 Å². The summed E-state index contributed by atoms with van der Waals surface area (Å²) in [6.07, 6.45) is 0. The van der Waals surface area contributed by atoms with Gasteiger partial charge in [0, 0.05) is 13.1 Å². The lowest BCUT2D eigenvalue weighted by Crippen LogP contribution is -1.97. The Labute approximate surface area is 115 Å². The second-order valence-corrected chi connectivity index (χ2v) is 4.25. The van der Waals surface area contributed by atoms with E-state index >= 15 is 0 Å². The first kappa shape index (κ1) is 13.4. The molecule has 0 aliphatic carbocycles. The minimum atomic E-state index is -0.619.